The van der Waals surface area contributed by atoms with Gasteiger partial charge in [-0.2, -0.15) is 0 Å². The van der Waals surface area contributed by atoms with Crippen molar-refractivity contribution in [2.45, 2.75) is 6.04 Å². The number of hydrogen-bond acceptors (Lipinski definition) is 4. The molecular formula is C9H8ClN3S. The molecule has 3 nitrogen and oxygen atoms in total. The van der Waals surface area contributed by atoms with E-state index in [1.54, 1.807) is 12.3 Å². The molecule has 0 aromatic carbocycles. The van der Waals surface area contributed by atoms with E-state index < -0.39 is 0 Å². The van der Waals surface area contributed by atoms with Crippen molar-refractivity contribution in [1.29, 1.82) is 0 Å². The Hall–Kier alpha value is -0.970. The monoisotopic (exact) mass is 225 g/mol. The van der Waals surface area contributed by atoms with Crippen LogP contribution in [0.25, 0.3) is 0 Å². The first-order valence-corrected chi connectivity index (χ1v) is 5.29. The number of rotatable bonds is 2. The highest BCUT2D eigenvalue weighted by Gasteiger charge is 2.14. The number of halogens is 1. The summed E-state index contributed by atoms with van der Waals surface area (Å²) >= 11 is 7.51. The molecule has 0 saturated heterocycles. The van der Waals surface area contributed by atoms with Crippen molar-refractivity contribution in [3.8, 4) is 0 Å². The fraction of sp³-hybridized carbons (Fsp3) is 0.111. The van der Waals surface area contributed by atoms with Gasteiger partial charge < -0.3 is 5.73 Å². The summed E-state index contributed by atoms with van der Waals surface area (Å²) in [5.41, 5.74) is 6.78. The summed E-state index contributed by atoms with van der Waals surface area (Å²) in [4.78, 5) is 8.86. The van der Waals surface area contributed by atoms with E-state index in [0.29, 0.717) is 5.02 Å². The van der Waals surface area contributed by atoms with E-state index in [1.807, 2.05) is 11.4 Å². The molecule has 1 unspecified atom stereocenters. The quantitative estimate of drug-likeness (QED) is 0.853. The van der Waals surface area contributed by atoms with E-state index in [1.165, 1.54) is 17.7 Å². The summed E-state index contributed by atoms with van der Waals surface area (Å²) in [6.45, 7) is 0. The molecule has 2 aromatic rings. The van der Waals surface area contributed by atoms with Gasteiger partial charge in [0.1, 0.15) is 6.33 Å². The topological polar surface area (TPSA) is 51.8 Å². The van der Waals surface area contributed by atoms with Crippen LogP contribution in [0.3, 0.4) is 0 Å². The van der Waals surface area contributed by atoms with Gasteiger partial charge in [-0.05, 0) is 17.5 Å². The third kappa shape index (κ3) is 1.77. The summed E-state index contributed by atoms with van der Waals surface area (Å²) in [5, 5.41) is 2.61. The molecule has 14 heavy (non-hydrogen) atoms. The SMILES string of the molecule is NC(c1ccncn1)c1sccc1Cl. The van der Waals surface area contributed by atoms with Gasteiger partial charge in [0.25, 0.3) is 0 Å². The Bertz CT molecular complexity index is 415. The molecule has 0 saturated carbocycles. The van der Waals surface area contributed by atoms with E-state index in [4.69, 9.17) is 17.3 Å². The maximum Gasteiger partial charge on any atom is 0.115 e. The Morgan fingerprint density at radius 3 is 2.86 bits per heavy atom. The van der Waals surface area contributed by atoms with E-state index in [-0.39, 0.29) is 6.04 Å². The molecule has 5 heteroatoms. The summed E-state index contributed by atoms with van der Waals surface area (Å²) < 4.78 is 0. The molecule has 0 amide bonds. The van der Waals surface area contributed by atoms with Gasteiger partial charge in [-0.25, -0.2) is 9.97 Å². The third-order valence-electron chi connectivity index (χ3n) is 1.85. The van der Waals surface area contributed by atoms with Gasteiger partial charge in [0.05, 0.1) is 16.8 Å². The van der Waals surface area contributed by atoms with Crippen LogP contribution in [-0.2, 0) is 0 Å². The highest BCUT2D eigenvalue weighted by Crippen LogP contribution is 2.29. The first-order valence-electron chi connectivity index (χ1n) is 4.03. The largest absolute Gasteiger partial charge is 0.318 e. The molecule has 2 aromatic heterocycles. The molecule has 2 N–H and O–H groups in total. The lowest BCUT2D eigenvalue weighted by Gasteiger charge is -2.08. The van der Waals surface area contributed by atoms with E-state index >= 15 is 0 Å². The molecule has 0 radical (unpaired) electrons. The van der Waals surface area contributed by atoms with Gasteiger partial charge in [-0.15, -0.1) is 11.3 Å². The molecule has 0 aliphatic rings. The highest BCUT2D eigenvalue weighted by atomic mass is 35.5. The minimum Gasteiger partial charge on any atom is -0.318 e. The van der Waals surface area contributed by atoms with Crippen LogP contribution in [0.15, 0.2) is 30.0 Å². The molecular weight excluding hydrogens is 218 g/mol. The van der Waals surface area contributed by atoms with Crippen molar-refractivity contribution in [3.05, 3.63) is 45.6 Å². The minimum absolute atomic E-state index is 0.259. The summed E-state index contributed by atoms with van der Waals surface area (Å²) in [6.07, 6.45) is 3.15. The van der Waals surface area contributed by atoms with Crippen molar-refractivity contribution in [3.63, 3.8) is 0 Å². The smallest absolute Gasteiger partial charge is 0.115 e. The Morgan fingerprint density at radius 2 is 2.29 bits per heavy atom. The lowest BCUT2D eigenvalue weighted by atomic mass is 10.2. The van der Waals surface area contributed by atoms with Crippen LogP contribution >= 0.6 is 22.9 Å². The molecule has 2 rings (SSSR count). The van der Waals surface area contributed by atoms with Gasteiger partial charge in [0.15, 0.2) is 0 Å². The van der Waals surface area contributed by atoms with Crippen molar-refractivity contribution >= 4 is 22.9 Å². The summed E-state index contributed by atoms with van der Waals surface area (Å²) in [6, 6.07) is 3.37. The Balaban J connectivity index is 2.34. The van der Waals surface area contributed by atoms with Crippen LogP contribution in [0.2, 0.25) is 5.02 Å². The molecule has 0 aliphatic heterocycles. The first kappa shape index (κ1) is 9.58. The average Bonchev–Trinajstić information content (AvgIpc) is 2.65. The third-order valence-corrected chi connectivity index (χ3v) is 3.29. The number of nitrogens with zero attached hydrogens (tertiary/aromatic N) is 2. The maximum atomic E-state index is 6.00. The minimum atomic E-state index is -0.259. The lowest BCUT2D eigenvalue weighted by Crippen LogP contribution is -2.12. The van der Waals surface area contributed by atoms with Crippen LogP contribution in [-0.4, -0.2) is 9.97 Å². The summed E-state index contributed by atoms with van der Waals surface area (Å²) in [5.74, 6) is 0. The van der Waals surface area contributed by atoms with Gasteiger partial charge >= 0.3 is 0 Å². The molecule has 0 spiro atoms. The predicted octanol–water partition coefficient (Wildman–Crippen LogP) is 2.24. The maximum absolute atomic E-state index is 6.00. The molecule has 2 heterocycles. The van der Waals surface area contributed by atoms with E-state index in [9.17, 15) is 0 Å². The number of nitrogens with two attached hydrogens (primary N) is 1. The second-order valence-electron chi connectivity index (χ2n) is 2.74. The molecule has 0 bridgehead atoms. The normalized spacial score (nSPS) is 12.7. The predicted molar refractivity (Wildman–Crippen MR) is 57.4 cm³/mol. The molecule has 0 fully saturated rings. The summed E-state index contributed by atoms with van der Waals surface area (Å²) in [7, 11) is 0. The van der Waals surface area contributed by atoms with Crippen molar-refractivity contribution in [2.75, 3.05) is 0 Å². The van der Waals surface area contributed by atoms with E-state index in [2.05, 4.69) is 9.97 Å². The average molecular weight is 226 g/mol. The van der Waals surface area contributed by atoms with Gasteiger partial charge in [0.2, 0.25) is 0 Å². The van der Waals surface area contributed by atoms with Crippen LogP contribution in [0.1, 0.15) is 16.6 Å². The second-order valence-corrected chi connectivity index (χ2v) is 4.10. The van der Waals surface area contributed by atoms with Crippen LogP contribution in [0.5, 0.6) is 0 Å². The number of thiophene rings is 1. The highest BCUT2D eigenvalue weighted by molar-refractivity contribution is 7.10. The van der Waals surface area contributed by atoms with E-state index in [0.717, 1.165) is 10.6 Å². The zero-order chi connectivity index (χ0) is 9.97. The van der Waals surface area contributed by atoms with Gasteiger partial charge in [-0.1, -0.05) is 11.6 Å². The Kier molecular flexibility index (Phi) is 2.77. The van der Waals surface area contributed by atoms with Crippen LogP contribution in [0, 0.1) is 0 Å². The standard InChI is InChI=1S/C9H8ClN3S/c10-6-2-4-14-9(6)8(11)7-1-3-12-5-13-7/h1-5,8H,11H2. The zero-order valence-electron chi connectivity index (χ0n) is 7.22. The lowest BCUT2D eigenvalue weighted by molar-refractivity contribution is 0.837. The van der Waals surface area contributed by atoms with Gasteiger partial charge in [0, 0.05) is 11.1 Å². The number of aromatic nitrogens is 2. The Labute approximate surface area is 90.6 Å². The molecule has 0 aliphatic carbocycles. The number of hydrogen-bond donors (Lipinski definition) is 1. The second kappa shape index (κ2) is 4.04. The van der Waals surface area contributed by atoms with Crippen molar-refractivity contribution < 1.29 is 0 Å². The Morgan fingerprint density at radius 1 is 1.43 bits per heavy atom. The first-order chi connectivity index (χ1) is 6.79. The fourth-order valence-corrected chi connectivity index (χ4v) is 2.33. The van der Waals surface area contributed by atoms with Crippen LogP contribution in [0.4, 0.5) is 0 Å². The van der Waals surface area contributed by atoms with Gasteiger partial charge in [-0.3, -0.25) is 0 Å². The van der Waals surface area contributed by atoms with Crippen molar-refractivity contribution in [2.24, 2.45) is 5.73 Å². The zero-order valence-corrected chi connectivity index (χ0v) is 8.79. The fourth-order valence-electron chi connectivity index (χ4n) is 1.15. The van der Waals surface area contributed by atoms with Crippen LogP contribution < -0.4 is 5.73 Å². The molecule has 72 valence electrons. The van der Waals surface area contributed by atoms with Crippen molar-refractivity contribution in [1.82, 2.24) is 9.97 Å². The molecule has 1 atom stereocenters.